The van der Waals surface area contributed by atoms with Crippen LogP contribution in [0.25, 0.3) is 0 Å². The van der Waals surface area contributed by atoms with Crippen molar-refractivity contribution in [2.75, 3.05) is 35.7 Å². The van der Waals surface area contributed by atoms with Crippen molar-refractivity contribution >= 4 is 29.0 Å². The summed E-state index contributed by atoms with van der Waals surface area (Å²) in [5.74, 6) is 1.78. The number of pyridine rings is 1. The molecule has 0 saturated carbocycles. The normalized spacial score (nSPS) is 13.5. The Morgan fingerprint density at radius 1 is 1.00 bits per heavy atom. The second-order valence-electron chi connectivity index (χ2n) is 7.49. The molecule has 1 amide bonds. The van der Waals surface area contributed by atoms with Crippen LogP contribution in [0.4, 0.5) is 23.1 Å². The molecule has 8 heteroatoms. The lowest BCUT2D eigenvalue weighted by Crippen LogP contribution is -2.31. The van der Waals surface area contributed by atoms with Gasteiger partial charge in [-0.15, -0.1) is 0 Å². The fraction of sp³-hybridized carbons (Fsp3) is 0.304. The van der Waals surface area contributed by atoms with Gasteiger partial charge in [0.2, 0.25) is 11.8 Å². The number of aromatic nitrogens is 3. The van der Waals surface area contributed by atoms with Gasteiger partial charge in [0.05, 0.1) is 12.7 Å². The summed E-state index contributed by atoms with van der Waals surface area (Å²) in [6.07, 6.45) is 5.12. The number of amides is 1. The third-order valence-electron chi connectivity index (χ3n) is 5.10. The van der Waals surface area contributed by atoms with E-state index in [1.54, 1.807) is 12.1 Å². The molecule has 2 N–H and O–H groups in total. The number of aryl methyl sites for hydroxylation is 1. The molecule has 31 heavy (non-hydrogen) atoms. The summed E-state index contributed by atoms with van der Waals surface area (Å²) in [5, 5.41) is 6.20. The molecule has 1 aromatic carbocycles. The van der Waals surface area contributed by atoms with E-state index in [1.807, 2.05) is 37.3 Å². The van der Waals surface area contributed by atoms with E-state index in [0.29, 0.717) is 17.1 Å². The van der Waals surface area contributed by atoms with Crippen LogP contribution in [0.2, 0.25) is 0 Å². The van der Waals surface area contributed by atoms with Crippen LogP contribution in [0, 0.1) is 6.92 Å². The highest BCUT2D eigenvalue weighted by atomic mass is 16.5. The number of carbonyl (C=O) groups is 1. The summed E-state index contributed by atoms with van der Waals surface area (Å²) in [5.41, 5.74) is 2.96. The number of methoxy groups -OCH3 is 1. The van der Waals surface area contributed by atoms with Gasteiger partial charge >= 0.3 is 0 Å². The highest BCUT2D eigenvalue weighted by molar-refractivity contribution is 6.04. The zero-order chi connectivity index (χ0) is 21.6. The number of anilines is 4. The minimum atomic E-state index is -0.228. The number of ether oxygens (including phenoxy) is 1. The van der Waals surface area contributed by atoms with Gasteiger partial charge in [-0.05, 0) is 56.5 Å². The zero-order valence-electron chi connectivity index (χ0n) is 17.8. The molecule has 1 fully saturated rings. The first kappa shape index (κ1) is 20.6. The molecule has 1 saturated heterocycles. The molecule has 0 spiro atoms. The minimum Gasteiger partial charge on any atom is -0.481 e. The quantitative estimate of drug-likeness (QED) is 0.620. The minimum absolute atomic E-state index is 0.228. The molecular formula is C23H26N6O2. The molecule has 3 heterocycles. The highest BCUT2D eigenvalue weighted by Crippen LogP contribution is 2.22. The van der Waals surface area contributed by atoms with Gasteiger partial charge in [-0.1, -0.05) is 0 Å². The molecule has 4 rings (SSSR count). The molecule has 2 aromatic heterocycles. The van der Waals surface area contributed by atoms with Gasteiger partial charge in [0.1, 0.15) is 5.82 Å². The second-order valence-corrected chi connectivity index (χ2v) is 7.49. The predicted octanol–water partition coefficient (Wildman–Crippen LogP) is 4.17. The van der Waals surface area contributed by atoms with Crippen LogP contribution in [0.1, 0.15) is 35.3 Å². The van der Waals surface area contributed by atoms with Gasteiger partial charge in [-0.25, -0.2) is 9.97 Å². The molecule has 0 atom stereocenters. The van der Waals surface area contributed by atoms with E-state index in [9.17, 15) is 4.79 Å². The molecule has 0 unspecified atom stereocenters. The number of nitrogens with one attached hydrogen (secondary N) is 2. The number of piperidine rings is 1. The second kappa shape index (κ2) is 9.42. The van der Waals surface area contributed by atoms with E-state index >= 15 is 0 Å². The fourth-order valence-electron chi connectivity index (χ4n) is 3.48. The van der Waals surface area contributed by atoms with Crippen molar-refractivity contribution in [2.45, 2.75) is 26.2 Å². The van der Waals surface area contributed by atoms with Crippen molar-refractivity contribution in [3.05, 3.63) is 59.9 Å². The van der Waals surface area contributed by atoms with Gasteiger partial charge in [0.15, 0.2) is 0 Å². The Kier molecular flexibility index (Phi) is 6.26. The lowest BCUT2D eigenvalue weighted by molar-refractivity contribution is 0.102. The van der Waals surface area contributed by atoms with Crippen molar-refractivity contribution in [2.24, 2.45) is 0 Å². The Hall–Kier alpha value is -3.68. The first-order valence-electron chi connectivity index (χ1n) is 10.4. The first-order chi connectivity index (χ1) is 15.1. The molecule has 0 bridgehead atoms. The lowest BCUT2D eigenvalue weighted by atomic mass is 10.1. The Labute approximate surface area is 181 Å². The fourth-order valence-corrected chi connectivity index (χ4v) is 3.48. The summed E-state index contributed by atoms with van der Waals surface area (Å²) in [7, 11) is 1.54. The SMILES string of the molecule is COc1ccc(C(=O)Nc2ccc(Nc3cc(C)nc(N4CCCCC4)n3)cc2)cn1. The van der Waals surface area contributed by atoms with Crippen molar-refractivity contribution < 1.29 is 9.53 Å². The van der Waals surface area contributed by atoms with Crippen LogP contribution in [-0.2, 0) is 0 Å². The van der Waals surface area contributed by atoms with Crippen molar-refractivity contribution in [3.8, 4) is 5.88 Å². The summed E-state index contributed by atoms with van der Waals surface area (Å²) in [6, 6.07) is 12.8. The lowest BCUT2D eigenvalue weighted by Gasteiger charge is -2.27. The van der Waals surface area contributed by atoms with E-state index in [-0.39, 0.29) is 5.91 Å². The molecular weight excluding hydrogens is 392 g/mol. The average Bonchev–Trinajstić information content (AvgIpc) is 2.80. The maximum atomic E-state index is 12.4. The molecule has 160 valence electrons. The van der Waals surface area contributed by atoms with Gasteiger partial charge < -0.3 is 20.3 Å². The van der Waals surface area contributed by atoms with Gasteiger partial charge in [-0.3, -0.25) is 4.79 Å². The maximum Gasteiger partial charge on any atom is 0.257 e. The largest absolute Gasteiger partial charge is 0.481 e. The third-order valence-corrected chi connectivity index (χ3v) is 5.10. The summed E-state index contributed by atoms with van der Waals surface area (Å²) < 4.78 is 5.02. The predicted molar refractivity (Wildman–Crippen MR) is 121 cm³/mol. The third kappa shape index (κ3) is 5.28. The van der Waals surface area contributed by atoms with Crippen LogP contribution in [0.15, 0.2) is 48.7 Å². The number of benzene rings is 1. The number of rotatable bonds is 6. The number of carbonyl (C=O) groups excluding carboxylic acids is 1. The number of nitrogens with zero attached hydrogens (tertiary/aromatic N) is 4. The Balaban J connectivity index is 1.41. The zero-order valence-corrected chi connectivity index (χ0v) is 17.8. The van der Waals surface area contributed by atoms with Crippen molar-refractivity contribution in [1.82, 2.24) is 15.0 Å². The Bertz CT molecular complexity index is 1030. The topological polar surface area (TPSA) is 92.3 Å². The number of hydrogen-bond donors (Lipinski definition) is 2. The van der Waals surface area contributed by atoms with Crippen LogP contribution in [0.3, 0.4) is 0 Å². The molecule has 1 aliphatic heterocycles. The maximum absolute atomic E-state index is 12.4. The van der Waals surface area contributed by atoms with Crippen LogP contribution in [0.5, 0.6) is 5.88 Å². The van der Waals surface area contributed by atoms with E-state index in [0.717, 1.165) is 36.2 Å². The molecule has 0 aliphatic carbocycles. The van der Waals surface area contributed by atoms with Gasteiger partial charge in [0.25, 0.3) is 5.91 Å². The monoisotopic (exact) mass is 418 g/mol. The summed E-state index contributed by atoms with van der Waals surface area (Å²) >= 11 is 0. The summed E-state index contributed by atoms with van der Waals surface area (Å²) in [4.78, 5) is 28.0. The van der Waals surface area contributed by atoms with E-state index in [2.05, 4.69) is 25.5 Å². The van der Waals surface area contributed by atoms with Crippen molar-refractivity contribution in [1.29, 1.82) is 0 Å². The smallest absolute Gasteiger partial charge is 0.257 e. The van der Waals surface area contributed by atoms with Crippen LogP contribution in [-0.4, -0.2) is 41.1 Å². The molecule has 8 nitrogen and oxygen atoms in total. The average molecular weight is 419 g/mol. The van der Waals surface area contributed by atoms with Gasteiger partial charge in [0, 0.05) is 48.5 Å². The summed E-state index contributed by atoms with van der Waals surface area (Å²) in [6.45, 7) is 3.98. The first-order valence-corrected chi connectivity index (χ1v) is 10.4. The Morgan fingerprint density at radius 2 is 1.74 bits per heavy atom. The van der Waals surface area contributed by atoms with E-state index in [1.165, 1.54) is 32.6 Å². The molecule has 3 aromatic rings. The van der Waals surface area contributed by atoms with Crippen molar-refractivity contribution in [3.63, 3.8) is 0 Å². The van der Waals surface area contributed by atoms with Crippen LogP contribution >= 0.6 is 0 Å². The highest BCUT2D eigenvalue weighted by Gasteiger charge is 2.15. The number of hydrogen-bond acceptors (Lipinski definition) is 7. The Morgan fingerprint density at radius 3 is 2.42 bits per heavy atom. The van der Waals surface area contributed by atoms with Crippen LogP contribution < -0.4 is 20.3 Å². The van der Waals surface area contributed by atoms with E-state index < -0.39 is 0 Å². The molecule has 0 radical (unpaired) electrons. The van der Waals surface area contributed by atoms with Gasteiger partial charge in [-0.2, -0.15) is 4.98 Å². The molecule has 1 aliphatic rings. The van der Waals surface area contributed by atoms with E-state index in [4.69, 9.17) is 9.72 Å². The standard InChI is InChI=1S/C23H26N6O2/c1-16-14-20(28-23(25-16)29-12-4-3-5-13-29)26-18-7-9-19(10-8-18)27-22(30)17-6-11-21(31-2)24-15-17/h6-11,14-15H,3-5,12-13H2,1-2H3,(H,27,30)(H,25,26,28).